The molecule has 5 heteroatoms. The summed E-state index contributed by atoms with van der Waals surface area (Å²) in [5.74, 6) is 0.548. The fraction of sp³-hybridized carbons (Fsp3) is 1.00. The van der Waals surface area contributed by atoms with E-state index in [-0.39, 0.29) is 12.0 Å². The standard InChI is InChI=1S/C10H17ClF3N/c11-7-9(3-1-2-4-9)8-15-6-5-10(12,13)14/h15H,1-8H2. The maximum absolute atomic E-state index is 11.9. The number of halogens is 4. The van der Waals surface area contributed by atoms with Gasteiger partial charge in [0.25, 0.3) is 0 Å². The smallest absolute Gasteiger partial charge is 0.316 e. The Balaban J connectivity index is 2.18. The molecule has 1 N–H and O–H groups in total. The van der Waals surface area contributed by atoms with Crippen LogP contribution in [0.1, 0.15) is 32.1 Å². The number of hydrogen-bond donors (Lipinski definition) is 1. The zero-order valence-electron chi connectivity index (χ0n) is 8.67. The average Bonchev–Trinajstić information content (AvgIpc) is 2.60. The van der Waals surface area contributed by atoms with Crippen LogP contribution in [0, 0.1) is 5.41 Å². The lowest BCUT2D eigenvalue weighted by atomic mass is 9.88. The third-order valence-corrected chi connectivity index (χ3v) is 3.60. The number of hydrogen-bond acceptors (Lipinski definition) is 1. The first kappa shape index (κ1) is 13.1. The van der Waals surface area contributed by atoms with E-state index in [1.165, 1.54) is 0 Å². The van der Waals surface area contributed by atoms with Gasteiger partial charge in [0.05, 0.1) is 6.42 Å². The molecule has 0 radical (unpaired) electrons. The van der Waals surface area contributed by atoms with E-state index in [0.717, 1.165) is 25.7 Å². The zero-order valence-corrected chi connectivity index (χ0v) is 9.42. The summed E-state index contributed by atoms with van der Waals surface area (Å²) in [6, 6.07) is 0. The van der Waals surface area contributed by atoms with Crippen molar-refractivity contribution in [1.29, 1.82) is 0 Å². The van der Waals surface area contributed by atoms with E-state index in [4.69, 9.17) is 11.6 Å². The topological polar surface area (TPSA) is 12.0 Å². The van der Waals surface area contributed by atoms with Gasteiger partial charge < -0.3 is 5.32 Å². The summed E-state index contributed by atoms with van der Waals surface area (Å²) in [5, 5.41) is 2.87. The molecule has 1 nitrogen and oxygen atoms in total. The van der Waals surface area contributed by atoms with Crippen LogP contribution in [-0.2, 0) is 0 Å². The Morgan fingerprint density at radius 3 is 2.27 bits per heavy atom. The van der Waals surface area contributed by atoms with Gasteiger partial charge in [-0.15, -0.1) is 11.6 Å². The Labute approximate surface area is 93.4 Å². The molecule has 1 aliphatic carbocycles. The highest BCUT2D eigenvalue weighted by Crippen LogP contribution is 2.38. The second-order valence-corrected chi connectivity index (χ2v) is 4.65. The highest BCUT2D eigenvalue weighted by atomic mass is 35.5. The molecular formula is C10H17ClF3N. The van der Waals surface area contributed by atoms with Gasteiger partial charge in [-0.05, 0) is 18.3 Å². The highest BCUT2D eigenvalue weighted by Gasteiger charge is 2.33. The Morgan fingerprint density at radius 1 is 1.20 bits per heavy atom. The summed E-state index contributed by atoms with van der Waals surface area (Å²) in [6.45, 7) is 0.620. The van der Waals surface area contributed by atoms with Crippen LogP contribution in [0.2, 0.25) is 0 Å². The summed E-state index contributed by atoms with van der Waals surface area (Å²) >= 11 is 5.87. The van der Waals surface area contributed by atoms with Crippen LogP contribution in [0.3, 0.4) is 0 Å². The summed E-state index contributed by atoms with van der Waals surface area (Å²) in [4.78, 5) is 0. The van der Waals surface area contributed by atoms with Crippen molar-refractivity contribution in [3.05, 3.63) is 0 Å². The van der Waals surface area contributed by atoms with Crippen LogP contribution in [0.5, 0.6) is 0 Å². The molecule has 1 rings (SSSR count). The lowest BCUT2D eigenvalue weighted by Crippen LogP contribution is -2.35. The van der Waals surface area contributed by atoms with Crippen molar-refractivity contribution in [2.75, 3.05) is 19.0 Å². The highest BCUT2D eigenvalue weighted by molar-refractivity contribution is 6.18. The molecule has 90 valence electrons. The molecule has 0 spiro atoms. The Morgan fingerprint density at radius 2 is 1.80 bits per heavy atom. The third-order valence-electron chi connectivity index (χ3n) is 3.03. The van der Waals surface area contributed by atoms with E-state index in [1.807, 2.05) is 0 Å². The average molecular weight is 244 g/mol. The largest absolute Gasteiger partial charge is 0.390 e. The van der Waals surface area contributed by atoms with Gasteiger partial charge in [0.2, 0.25) is 0 Å². The van der Waals surface area contributed by atoms with Crippen molar-refractivity contribution < 1.29 is 13.2 Å². The van der Waals surface area contributed by atoms with Gasteiger partial charge in [0.15, 0.2) is 0 Å². The molecule has 0 heterocycles. The molecule has 0 aliphatic heterocycles. The predicted octanol–water partition coefficient (Wildman–Crippen LogP) is 3.33. The molecule has 0 atom stereocenters. The number of alkyl halides is 4. The first-order chi connectivity index (χ1) is 6.97. The number of rotatable bonds is 5. The normalized spacial score (nSPS) is 20.8. The predicted molar refractivity (Wildman–Crippen MR) is 55.2 cm³/mol. The first-order valence-corrected chi connectivity index (χ1v) is 5.84. The van der Waals surface area contributed by atoms with Gasteiger partial charge in [-0.1, -0.05) is 12.8 Å². The monoisotopic (exact) mass is 243 g/mol. The van der Waals surface area contributed by atoms with Crippen LogP contribution in [0.4, 0.5) is 13.2 Å². The van der Waals surface area contributed by atoms with Crippen molar-refractivity contribution >= 4 is 11.6 Å². The van der Waals surface area contributed by atoms with Crippen LogP contribution in [0.25, 0.3) is 0 Å². The Hall–Kier alpha value is 0.0400. The van der Waals surface area contributed by atoms with Crippen molar-refractivity contribution in [3.8, 4) is 0 Å². The molecule has 0 bridgehead atoms. The molecule has 0 saturated heterocycles. The van der Waals surface area contributed by atoms with E-state index in [2.05, 4.69) is 5.32 Å². The summed E-state index contributed by atoms with van der Waals surface area (Å²) in [6.07, 6.45) is -0.450. The molecule has 1 saturated carbocycles. The first-order valence-electron chi connectivity index (χ1n) is 5.31. The number of nitrogens with one attached hydrogen (secondary N) is 1. The van der Waals surface area contributed by atoms with Gasteiger partial charge >= 0.3 is 6.18 Å². The summed E-state index contributed by atoms with van der Waals surface area (Å²) < 4.78 is 35.6. The minimum Gasteiger partial charge on any atom is -0.316 e. The van der Waals surface area contributed by atoms with Gasteiger partial charge in [0, 0.05) is 19.0 Å². The van der Waals surface area contributed by atoms with E-state index >= 15 is 0 Å². The maximum atomic E-state index is 11.9. The molecular weight excluding hydrogens is 227 g/mol. The van der Waals surface area contributed by atoms with Gasteiger partial charge in [-0.3, -0.25) is 0 Å². The molecule has 0 aromatic rings. The summed E-state index contributed by atoms with van der Waals surface area (Å²) in [5.41, 5.74) is 0.0488. The molecule has 1 aliphatic rings. The van der Waals surface area contributed by atoms with Crippen molar-refractivity contribution in [3.63, 3.8) is 0 Å². The van der Waals surface area contributed by atoms with Gasteiger partial charge in [-0.2, -0.15) is 13.2 Å². The molecule has 0 amide bonds. The van der Waals surface area contributed by atoms with E-state index in [1.54, 1.807) is 0 Å². The molecule has 15 heavy (non-hydrogen) atoms. The molecule has 1 fully saturated rings. The minimum atomic E-state index is -4.06. The second kappa shape index (κ2) is 5.39. The Bertz CT molecular complexity index is 188. The quantitative estimate of drug-likeness (QED) is 0.577. The molecule has 0 aromatic heterocycles. The van der Waals surface area contributed by atoms with E-state index in [0.29, 0.717) is 12.4 Å². The molecule has 0 unspecified atom stereocenters. The lowest BCUT2D eigenvalue weighted by molar-refractivity contribution is -0.133. The van der Waals surface area contributed by atoms with E-state index < -0.39 is 12.6 Å². The SMILES string of the molecule is FC(F)(F)CCNCC1(CCl)CCCC1. The summed E-state index contributed by atoms with van der Waals surface area (Å²) in [7, 11) is 0. The fourth-order valence-corrected chi connectivity index (χ4v) is 2.43. The van der Waals surface area contributed by atoms with E-state index in [9.17, 15) is 13.2 Å². The van der Waals surface area contributed by atoms with Gasteiger partial charge in [-0.25, -0.2) is 0 Å². The molecule has 0 aromatic carbocycles. The van der Waals surface area contributed by atoms with Crippen LogP contribution in [-0.4, -0.2) is 25.1 Å². The Kier molecular flexibility index (Phi) is 4.71. The van der Waals surface area contributed by atoms with Gasteiger partial charge in [0.1, 0.15) is 0 Å². The minimum absolute atomic E-state index is 0.00212. The van der Waals surface area contributed by atoms with Crippen molar-refractivity contribution in [1.82, 2.24) is 5.32 Å². The van der Waals surface area contributed by atoms with Crippen molar-refractivity contribution in [2.45, 2.75) is 38.3 Å². The fourth-order valence-electron chi connectivity index (χ4n) is 2.07. The lowest BCUT2D eigenvalue weighted by Gasteiger charge is -2.26. The van der Waals surface area contributed by atoms with Crippen molar-refractivity contribution in [2.24, 2.45) is 5.41 Å². The maximum Gasteiger partial charge on any atom is 0.390 e. The van der Waals surface area contributed by atoms with Crippen LogP contribution < -0.4 is 5.32 Å². The van der Waals surface area contributed by atoms with Crippen LogP contribution >= 0.6 is 11.6 Å². The zero-order chi connectivity index (χ0) is 11.4. The second-order valence-electron chi connectivity index (χ2n) is 4.38. The third kappa shape index (κ3) is 4.60. The van der Waals surface area contributed by atoms with Crippen LogP contribution in [0.15, 0.2) is 0 Å².